The predicted octanol–water partition coefficient (Wildman–Crippen LogP) is 1.59. The first kappa shape index (κ1) is 17.5. The second kappa shape index (κ2) is 7.28. The summed E-state index contributed by atoms with van der Waals surface area (Å²) in [4.78, 5) is 24.1. The molecule has 134 valence electrons. The molecular weight excluding hydrogens is 332 g/mol. The van der Waals surface area contributed by atoms with Crippen molar-refractivity contribution in [2.45, 2.75) is 13.0 Å². The van der Waals surface area contributed by atoms with Crippen LogP contribution in [0.4, 0.5) is 5.69 Å². The molecule has 0 saturated carbocycles. The molecule has 0 fully saturated rings. The van der Waals surface area contributed by atoms with Crippen molar-refractivity contribution < 1.29 is 14.7 Å². The van der Waals surface area contributed by atoms with E-state index in [-0.39, 0.29) is 18.2 Å². The summed E-state index contributed by atoms with van der Waals surface area (Å²) in [5.41, 5.74) is 13.3. The predicted molar refractivity (Wildman–Crippen MR) is 100.0 cm³/mol. The number of rotatable bonds is 6. The van der Waals surface area contributed by atoms with Gasteiger partial charge in [0.25, 0.3) is 5.91 Å². The highest BCUT2D eigenvalue weighted by molar-refractivity contribution is 6.06. The van der Waals surface area contributed by atoms with Gasteiger partial charge in [0.15, 0.2) is 0 Å². The molecule has 0 unspecified atom stereocenters. The van der Waals surface area contributed by atoms with Crippen LogP contribution in [-0.4, -0.2) is 28.0 Å². The van der Waals surface area contributed by atoms with Crippen molar-refractivity contribution in [1.29, 1.82) is 0 Å². The fourth-order valence-corrected chi connectivity index (χ4v) is 2.92. The number of fused-ring (bicyclic) bond motifs is 1. The Kier molecular flexibility index (Phi) is 4.90. The summed E-state index contributed by atoms with van der Waals surface area (Å²) in [6.45, 7) is 0.456. The van der Waals surface area contributed by atoms with Gasteiger partial charge in [-0.1, -0.05) is 24.3 Å². The van der Waals surface area contributed by atoms with Crippen LogP contribution in [0.15, 0.2) is 48.7 Å². The zero-order valence-corrected chi connectivity index (χ0v) is 14.1. The number of benzene rings is 2. The molecule has 1 aromatic heterocycles. The number of carbonyl (C=O) groups is 2. The largest absolute Gasteiger partial charge is 0.506 e. The Hall–Kier alpha value is -3.32. The maximum Gasteiger partial charge on any atom is 0.250 e. The lowest BCUT2D eigenvalue weighted by molar-refractivity contribution is -0.116. The number of amides is 2. The second-order valence-corrected chi connectivity index (χ2v) is 5.99. The lowest BCUT2D eigenvalue weighted by Gasteiger charge is -2.10. The van der Waals surface area contributed by atoms with E-state index >= 15 is 0 Å². The van der Waals surface area contributed by atoms with Gasteiger partial charge in [0.2, 0.25) is 5.91 Å². The fourth-order valence-electron chi connectivity index (χ4n) is 2.92. The van der Waals surface area contributed by atoms with Gasteiger partial charge in [0.1, 0.15) is 12.3 Å². The van der Waals surface area contributed by atoms with Gasteiger partial charge in [0.05, 0.1) is 11.3 Å². The Labute approximate surface area is 150 Å². The van der Waals surface area contributed by atoms with E-state index in [4.69, 9.17) is 11.5 Å². The van der Waals surface area contributed by atoms with E-state index in [0.717, 1.165) is 11.1 Å². The van der Waals surface area contributed by atoms with Gasteiger partial charge >= 0.3 is 0 Å². The molecule has 0 spiro atoms. The van der Waals surface area contributed by atoms with Crippen molar-refractivity contribution in [2.75, 3.05) is 11.9 Å². The topological polar surface area (TPSA) is 123 Å². The minimum atomic E-state index is -0.549. The molecule has 7 nitrogen and oxygen atoms in total. The number of phenolic OH excluding ortho intramolecular Hbond substituents is 1. The van der Waals surface area contributed by atoms with Crippen molar-refractivity contribution in [3.8, 4) is 5.75 Å². The molecule has 0 saturated heterocycles. The van der Waals surface area contributed by atoms with E-state index in [9.17, 15) is 14.7 Å². The number of hydrogen-bond acceptors (Lipinski definition) is 4. The van der Waals surface area contributed by atoms with Gasteiger partial charge in [-0.2, -0.15) is 0 Å². The lowest BCUT2D eigenvalue weighted by Crippen LogP contribution is -2.18. The van der Waals surface area contributed by atoms with Crippen molar-refractivity contribution in [3.63, 3.8) is 0 Å². The Morgan fingerprint density at radius 1 is 1.15 bits per heavy atom. The third-order valence-electron chi connectivity index (χ3n) is 4.14. The van der Waals surface area contributed by atoms with Gasteiger partial charge in [-0.3, -0.25) is 9.59 Å². The zero-order valence-electron chi connectivity index (χ0n) is 14.1. The summed E-state index contributed by atoms with van der Waals surface area (Å²) in [6.07, 6.45) is 2.21. The van der Waals surface area contributed by atoms with Crippen LogP contribution in [0, 0.1) is 0 Å². The fraction of sp³-hybridized carbons (Fsp3) is 0.158. The maximum absolute atomic E-state index is 12.4. The van der Waals surface area contributed by atoms with Crippen molar-refractivity contribution in [1.82, 2.24) is 4.57 Å². The number of nitrogens with one attached hydrogen (secondary N) is 1. The SMILES string of the molecule is NCCc1ccc(O)c(NC(=O)Cn2cc(C(N)=O)c3ccccc32)c1. The molecule has 3 aromatic rings. The number of anilines is 1. The van der Waals surface area contributed by atoms with E-state index in [1.807, 2.05) is 12.1 Å². The summed E-state index contributed by atoms with van der Waals surface area (Å²) < 4.78 is 1.66. The van der Waals surface area contributed by atoms with Crippen molar-refractivity contribution >= 4 is 28.4 Å². The Balaban J connectivity index is 1.84. The Morgan fingerprint density at radius 3 is 2.65 bits per heavy atom. The summed E-state index contributed by atoms with van der Waals surface area (Å²) in [6, 6.07) is 12.2. The van der Waals surface area contributed by atoms with Gasteiger partial charge in [-0.05, 0) is 36.7 Å². The summed E-state index contributed by atoms with van der Waals surface area (Å²) in [5, 5.41) is 13.3. The highest BCUT2D eigenvalue weighted by Crippen LogP contribution is 2.25. The Morgan fingerprint density at radius 2 is 1.92 bits per heavy atom. The summed E-state index contributed by atoms with van der Waals surface area (Å²) in [5.74, 6) is -0.899. The number of aromatic hydroxyl groups is 1. The Bertz CT molecular complexity index is 978. The van der Waals surface area contributed by atoms with Crippen LogP contribution in [0.1, 0.15) is 15.9 Å². The van der Waals surface area contributed by atoms with Gasteiger partial charge in [-0.25, -0.2) is 0 Å². The maximum atomic E-state index is 12.4. The molecule has 0 bridgehead atoms. The van der Waals surface area contributed by atoms with E-state index in [2.05, 4.69) is 5.32 Å². The first-order valence-corrected chi connectivity index (χ1v) is 8.19. The highest BCUT2D eigenvalue weighted by Gasteiger charge is 2.15. The minimum Gasteiger partial charge on any atom is -0.506 e. The number of nitrogens with zero attached hydrogens (tertiary/aromatic N) is 1. The molecule has 26 heavy (non-hydrogen) atoms. The van der Waals surface area contributed by atoms with Gasteiger partial charge in [0, 0.05) is 17.1 Å². The second-order valence-electron chi connectivity index (χ2n) is 5.99. The van der Waals surface area contributed by atoms with E-state index in [0.29, 0.717) is 29.6 Å². The van der Waals surface area contributed by atoms with Crippen LogP contribution in [0.3, 0.4) is 0 Å². The van der Waals surface area contributed by atoms with Crippen LogP contribution < -0.4 is 16.8 Å². The van der Waals surface area contributed by atoms with Crippen molar-refractivity contribution in [3.05, 3.63) is 59.8 Å². The third kappa shape index (κ3) is 3.52. The van der Waals surface area contributed by atoms with Crippen LogP contribution in [0.2, 0.25) is 0 Å². The number of primary amides is 1. The number of nitrogens with two attached hydrogens (primary N) is 2. The molecule has 2 aromatic carbocycles. The molecule has 1 heterocycles. The van der Waals surface area contributed by atoms with Crippen LogP contribution in [0.25, 0.3) is 10.9 Å². The molecule has 0 aliphatic carbocycles. The smallest absolute Gasteiger partial charge is 0.250 e. The van der Waals surface area contributed by atoms with E-state index < -0.39 is 5.91 Å². The first-order valence-electron chi connectivity index (χ1n) is 8.19. The standard InChI is InChI=1S/C19H20N4O3/c20-8-7-12-5-6-17(24)15(9-12)22-18(25)11-23-10-14(19(21)26)13-3-1-2-4-16(13)23/h1-6,9-10,24H,7-8,11,20H2,(H2,21,26)(H,22,25). The van der Waals surface area contributed by atoms with Crippen LogP contribution in [-0.2, 0) is 17.8 Å². The number of phenols is 1. The number of para-hydroxylation sites is 1. The van der Waals surface area contributed by atoms with Crippen LogP contribution >= 0.6 is 0 Å². The average molecular weight is 352 g/mol. The minimum absolute atomic E-state index is 0.0192. The van der Waals surface area contributed by atoms with E-state index in [1.54, 1.807) is 35.0 Å². The van der Waals surface area contributed by atoms with Gasteiger partial charge < -0.3 is 26.5 Å². The van der Waals surface area contributed by atoms with E-state index in [1.165, 1.54) is 6.07 Å². The molecule has 6 N–H and O–H groups in total. The van der Waals surface area contributed by atoms with Crippen LogP contribution in [0.5, 0.6) is 5.75 Å². The number of aromatic nitrogens is 1. The normalized spacial score (nSPS) is 10.8. The highest BCUT2D eigenvalue weighted by atomic mass is 16.3. The summed E-state index contributed by atoms with van der Waals surface area (Å²) >= 11 is 0. The monoisotopic (exact) mass is 352 g/mol. The zero-order chi connectivity index (χ0) is 18.7. The molecular formula is C19H20N4O3. The first-order chi connectivity index (χ1) is 12.5. The van der Waals surface area contributed by atoms with Crippen molar-refractivity contribution in [2.24, 2.45) is 11.5 Å². The molecule has 7 heteroatoms. The third-order valence-corrected chi connectivity index (χ3v) is 4.14. The lowest BCUT2D eigenvalue weighted by atomic mass is 10.1. The summed E-state index contributed by atoms with van der Waals surface area (Å²) in [7, 11) is 0. The molecule has 2 amide bonds. The molecule has 0 atom stereocenters. The quantitative estimate of drug-likeness (QED) is 0.503. The number of hydrogen-bond donors (Lipinski definition) is 4. The number of carbonyl (C=O) groups excluding carboxylic acids is 2. The molecule has 0 aliphatic heterocycles. The molecule has 0 radical (unpaired) electrons. The molecule has 3 rings (SSSR count). The average Bonchev–Trinajstić information content (AvgIpc) is 2.97. The van der Waals surface area contributed by atoms with Gasteiger partial charge in [-0.15, -0.1) is 0 Å². The molecule has 0 aliphatic rings.